The third kappa shape index (κ3) is 6.96. The smallest absolute Gasteiger partial charge is 0.257 e. The minimum atomic E-state index is -0.294. The van der Waals surface area contributed by atoms with Crippen molar-refractivity contribution in [2.75, 3.05) is 52.4 Å². The molecule has 2 aromatic rings. The number of amides is 3. The Bertz CT molecular complexity index is 1150. The van der Waals surface area contributed by atoms with Crippen molar-refractivity contribution in [2.24, 2.45) is 11.8 Å². The molecule has 39 heavy (non-hydrogen) atoms. The van der Waals surface area contributed by atoms with E-state index in [4.69, 9.17) is 14.2 Å². The van der Waals surface area contributed by atoms with Crippen LogP contribution in [0.3, 0.4) is 0 Å². The molecule has 1 saturated heterocycles. The topological polar surface area (TPSA) is 97.4 Å². The number of ether oxygens (including phenoxy) is 3. The van der Waals surface area contributed by atoms with E-state index in [0.717, 1.165) is 0 Å². The maximum atomic E-state index is 13.6. The second kappa shape index (κ2) is 13.1. The van der Waals surface area contributed by atoms with E-state index in [1.54, 1.807) is 37.3 Å². The maximum Gasteiger partial charge on any atom is 0.257 e. The fourth-order valence-corrected chi connectivity index (χ4v) is 5.09. The van der Waals surface area contributed by atoms with Crippen molar-refractivity contribution in [1.82, 2.24) is 9.80 Å². The highest BCUT2D eigenvalue weighted by Crippen LogP contribution is 2.28. The Kier molecular flexibility index (Phi) is 9.59. The molecule has 210 valence electrons. The lowest BCUT2D eigenvalue weighted by Gasteiger charge is -2.36. The number of nitrogens with one attached hydrogen (secondary N) is 1. The Hall–Kier alpha value is -3.43. The molecule has 0 saturated carbocycles. The molecule has 9 nitrogen and oxygen atoms in total. The second-order valence-corrected chi connectivity index (χ2v) is 10.5. The molecule has 3 atom stereocenters. The Morgan fingerprint density at radius 2 is 1.74 bits per heavy atom. The zero-order chi connectivity index (χ0) is 27.9. The van der Waals surface area contributed by atoms with Gasteiger partial charge in [0.2, 0.25) is 5.91 Å². The summed E-state index contributed by atoms with van der Waals surface area (Å²) in [6.45, 7) is 6.08. The minimum Gasteiger partial charge on any atom is -0.491 e. The highest BCUT2D eigenvalue weighted by molar-refractivity contribution is 6.00. The summed E-state index contributed by atoms with van der Waals surface area (Å²) in [5.41, 5.74) is 1.49. The molecule has 0 spiro atoms. The van der Waals surface area contributed by atoms with Crippen molar-refractivity contribution in [1.29, 1.82) is 0 Å². The van der Waals surface area contributed by atoms with E-state index < -0.39 is 0 Å². The molecule has 0 aromatic heterocycles. The van der Waals surface area contributed by atoms with Gasteiger partial charge in [-0.1, -0.05) is 25.1 Å². The van der Waals surface area contributed by atoms with Gasteiger partial charge in [-0.05, 0) is 50.1 Å². The average Bonchev–Trinajstić information content (AvgIpc) is 2.97. The monoisotopic (exact) mass is 537 g/mol. The number of carbonyl (C=O) groups is 3. The van der Waals surface area contributed by atoms with Gasteiger partial charge in [0.15, 0.2) is 0 Å². The average molecular weight is 538 g/mol. The van der Waals surface area contributed by atoms with Crippen molar-refractivity contribution in [3.8, 4) is 5.75 Å². The number of nitrogens with zero attached hydrogens (tertiary/aromatic N) is 2. The van der Waals surface area contributed by atoms with Gasteiger partial charge in [-0.25, -0.2) is 0 Å². The Balaban J connectivity index is 1.62. The lowest BCUT2D eigenvalue weighted by atomic mass is 9.99. The van der Waals surface area contributed by atoms with Crippen molar-refractivity contribution >= 4 is 23.4 Å². The lowest BCUT2D eigenvalue weighted by molar-refractivity contribution is -0.122. The van der Waals surface area contributed by atoms with Gasteiger partial charge in [-0.2, -0.15) is 0 Å². The zero-order valence-corrected chi connectivity index (χ0v) is 23.2. The van der Waals surface area contributed by atoms with E-state index in [1.807, 2.05) is 49.1 Å². The Morgan fingerprint density at radius 3 is 2.44 bits per heavy atom. The van der Waals surface area contributed by atoms with E-state index in [9.17, 15) is 14.4 Å². The minimum absolute atomic E-state index is 0.0515. The molecule has 0 aliphatic carbocycles. The summed E-state index contributed by atoms with van der Waals surface area (Å²) in [6.07, 6.45) is 1.06. The molecule has 0 radical (unpaired) electrons. The van der Waals surface area contributed by atoms with Crippen LogP contribution >= 0.6 is 0 Å². The number of anilines is 1. The van der Waals surface area contributed by atoms with Crippen LogP contribution in [0.15, 0.2) is 48.5 Å². The standard InChI is InChI=1S/C30H39N3O6/c1-20-17-33(29(35)23-8-6-5-7-9-23)21(2)19-39-26-11-10-24(31-28(34)22-12-14-38-15-13-22)16-25(26)30(36)32(3)18-27(20)37-4/h5-11,16,20-22,27H,12-15,17-19H2,1-4H3,(H,31,34)/t20-,21+,27-/m1/s1. The molecule has 3 amide bonds. The molecular formula is C30H39N3O6. The molecule has 1 N–H and O–H groups in total. The molecule has 0 bridgehead atoms. The van der Waals surface area contributed by atoms with Crippen LogP contribution in [0, 0.1) is 11.8 Å². The van der Waals surface area contributed by atoms with Gasteiger partial charge in [0.05, 0.1) is 17.7 Å². The summed E-state index contributed by atoms with van der Waals surface area (Å²) in [7, 11) is 3.35. The highest BCUT2D eigenvalue weighted by atomic mass is 16.5. The van der Waals surface area contributed by atoms with Crippen LogP contribution in [0.1, 0.15) is 47.4 Å². The van der Waals surface area contributed by atoms with Crippen LogP contribution in [-0.4, -0.2) is 86.7 Å². The highest BCUT2D eigenvalue weighted by Gasteiger charge is 2.31. The van der Waals surface area contributed by atoms with E-state index in [-0.39, 0.29) is 48.3 Å². The fourth-order valence-electron chi connectivity index (χ4n) is 5.09. The molecule has 0 unspecified atom stereocenters. The van der Waals surface area contributed by atoms with Crippen LogP contribution in [-0.2, 0) is 14.3 Å². The van der Waals surface area contributed by atoms with Crippen LogP contribution in [0.5, 0.6) is 5.75 Å². The number of carbonyl (C=O) groups excluding carboxylic acids is 3. The lowest BCUT2D eigenvalue weighted by Crippen LogP contribution is -2.48. The van der Waals surface area contributed by atoms with Gasteiger partial charge in [-0.3, -0.25) is 14.4 Å². The maximum absolute atomic E-state index is 13.6. The predicted octanol–water partition coefficient (Wildman–Crippen LogP) is 3.70. The largest absolute Gasteiger partial charge is 0.491 e. The van der Waals surface area contributed by atoms with Crippen LogP contribution in [0.2, 0.25) is 0 Å². The summed E-state index contributed by atoms with van der Waals surface area (Å²) in [6, 6.07) is 14.0. The third-order valence-corrected chi connectivity index (χ3v) is 7.59. The van der Waals surface area contributed by atoms with Gasteiger partial charge in [-0.15, -0.1) is 0 Å². The number of benzene rings is 2. The molecule has 2 aromatic carbocycles. The second-order valence-electron chi connectivity index (χ2n) is 10.5. The summed E-state index contributed by atoms with van der Waals surface area (Å²) in [5, 5.41) is 2.96. The molecule has 1 fully saturated rings. The molecule has 9 heteroatoms. The Labute approximate surface area is 230 Å². The molecule has 2 aliphatic rings. The van der Waals surface area contributed by atoms with E-state index in [1.165, 1.54) is 0 Å². The summed E-state index contributed by atoms with van der Waals surface area (Å²) < 4.78 is 17.3. The summed E-state index contributed by atoms with van der Waals surface area (Å²) >= 11 is 0. The first-order valence-corrected chi connectivity index (χ1v) is 13.6. The van der Waals surface area contributed by atoms with Gasteiger partial charge in [0.1, 0.15) is 12.4 Å². The van der Waals surface area contributed by atoms with Crippen molar-refractivity contribution in [3.05, 3.63) is 59.7 Å². The predicted molar refractivity (Wildman–Crippen MR) is 148 cm³/mol. The number of likely N-dealkylation sites (N-methyl/N-ethyl adjacent to an activating group) is 1. The van der Waals surface area contributed by atoms with Crippen LogP contribution in [0.25, 0.3) is 0 Å². The first-order valence-electron chi connectivity index (χ1n) is 13.6. The number of methoxy groups -OCH3 is 1. The summed E-state index contributed by atoms with van der Waals surface area (Å²) in [4.78, 5) is 43.4. The summed E-state index contributed by atoms with van der Waals surface area (Å²) in [5.74, 6) is -0.160. The normalized spacial score (nSPS) is 23.2. The van der Waals surface area contributed by atoms with E-state index >= 15 is 0 Å². The van der Waals surface area contributed by atoms with Gasteiger partial charge in [0.25, 0.3) is 11.8 Å². The number of hydrogen-bond donors (Lipinski definition) is 1. The fraction of sp³-hybridized carbons (Fsp3) is 0.500. The SMILES string of the molecule is CO[C@@H]1CN(C)C(=O)c2cc(NC(=O)C3CCOCC3)ccc2OC[C@H](C)N(C(=O)c2ccccc2)C[C@H]1C. The van der Waals surface area contributed by atoms with Crippen LogP contribution in [0.4, 0.5) is 5.69 Å². The first-order chi connectivity index (χ1) is 18.8. The molecule has 2 aliphatic heterocycles. The number of fused-ring (bicyclic) bond motifs is 1. The van der Waals surface area contributed by atoms with Crippen molar-refractivity contribution in [3.63, 3.8) is 0 Å². The van der Waals surface area contributed by atoms with E-state index in [2.05, 4.69) is 5.32 Å². The Morgan fingerprint density at radius 1 is 1.03 bits per heavy atom. The number of rotatable bonds is 4. The van der Waals surface area contributed by atoms with Gasteiger partial charge in [0, 0.05) is 63.5 Å². The third-order valence-electron chi connectivity index (χ3n) is 7.59. The van der Waals surface area contributed by atoms with Crippen molar-refractivity contribution < 1.29 is 28.6 Å². The quantitative estimate of drug-likeness (QED) is 0.639. The number of hydrogen-bond acceptors (Lipinski definition) is 6. The van der Waals surface area contributed by atoms with Crippen LogP contribution < -0.4 is 10.1 Å². The molecule has 4 rings (SSSR count). The molecular weight excluding hydrogens is 498 g/mol. The van der Waals surface area contributed by atoms with Gasteiger partial charge < -0.3 is 29.3 Å². The van der Waals surface area contributed by atoms with E-state index in [0.29, 0.717) is 61.7 Å². The zero-order valence-electron chi connectivity index (χ0n) is 23.2. The van der Waals surface area contributed by atoms with Crippen molar-refractivity contribution in [2.45, 2.75) is 38.8 Å². The molecule has 2 heterocycles. The first kappa shape index (κ1) is 28.6. The van der Waals surface area contributed by atoms with Gasteiger partial charge >= 0.3 is 0 Å².